The summed E-state index contributed by atoms with van der Waals surface area (Å²) < 4.78 is 11.0. The van der Waals surface area contributed by atoms with Crippen LogP contribution in [0.5, 0.6) is 11.5 Å². The number of ether oxygens (including phenoxy) is 2. The molecule has 33 heavy (non-hydrogen) atoms. The second-order valence-corrected chi connectivity index (χ2v) is 7.87. The summed E-state index contributed by atoms with van der Waals surface area (Å²) in [4.78, 5) is 29.1. The number of anilines is 3. The highest BCUT2D eigenvalue weighted by Gasteiger charge is 2.18. The molecular formula is C23H19N5O4S. The predicted molar refractivity (Wildman–Crippen MR) is 125 cm³/mol. The number of fused-ring (bicyclic) bond motifs is 1. The minimum absolute atomic E-state index is 0.00881. The van der Waals surface area contributed by atoms with E-state index in [1.807, 2.05) is 12.1 Å². The van der Waals surface area contributed by atoms with Crippen molar-refractivity contribution < 1.29 is 19.1 Å². The number of carbonyl (C=O) groups is 2. The molecule has 0 radical (unpaired) electrons. The predicted octanol–water partition coefficient (Wildman–Crippen LogP) is 3.29. The average molecular weight is 462 g/mol. The normalized spacial score (nSPS) is 11.8. The molecule has 4 N–H and O–H groups in total. The molecule has 0 spiro atoms. The zero-order valence-corrected chi connectivity index (χ0v) is 18.1. The van der Waals surface area contributed by atoms with Gasteiger partial charge >= 0.3 is 0 Å². The smallest absolute Gasteiger partial charge is 0.259 e. The van der Waals surface area contributed by atoms with Crippen LogP contribution in [-0.4, -0.2) is 35.8 Å². The Hall–Kier alpha value is -4.23. The van der Waals surface area contributed by atoms with Crippen molar-refractivity contribution in [3.05, 3.63) is 65.7 Å². The van der Waals surface area contributed by atoms with Crippen LogP contribution in [0, 0.1) is 11.3 Å². The van der Waals surface area contributed by atoms with Gasteiger partial charge in [0, 0.05) is 17.4 Å². The first-order valence-electron chi connectivity index (χ1n) is 9.93. The molecule has 0 aliphatic carbocycles. The Morgan fingerprint density at radius 3 is 2.55 bits per heavy atom. The standard InChI is InChI=1S/C23H19N5O4S/c24-12-14-10-17(22(30)27-15-4-2-1-3-5-15)21(25)28-23(14)33-13-20(29)26-16-6-7-18-19(11-16)32-9-8-31-18/h1-7,10-11H,8-9,13H2,(H2,25,28)(H,26,29)(H,27,30). The number of nitrogen functional groups attached to an aromatic ring is 1. The van der Waals surface area contributed by atoms with Crippen molar-refractivity contribution >= 4 is 40.8 Å². The Morgan fingerprint density at radius 2 is 1.79 bits per heavy atom. The maximum absolute atomic E-state index is 12.6. The first-order chi connectivity index (χ1) is 16.0. The van der Waals surface area contributed by atoms with Gasteiger partial charge in [-0.3, -0.25) is 9.59 Å². The van der Waals surface area contributed by atoms with Crippen molar-refractivity contribution in [3.63, 3.8) is 0 Å². The van der Waals surface area contributed by atoms with Gasteiger partial charge in [0.25, 0.3) is 5.91 Å². The van der Waals surface area contributed by atoms with Crippen LogP contribution >= 0.6 is 11.8 Å². The molecule has 0 atom stereocenters. The summed E-state index contributed by atoms with van der Waals surface area (Å²) in [6.07, 6.45) is 0. The molecule has 4 rings (SSSR count). The zero-order valence-electron chi connectivity index (χ0n) is 17.3. The minimum Gasteiger partial charge on any atom is -0.486 e. The number of thioether (sulfide) groups is 1. The molecule has 2 amide bonds. The highest BCUT2D eigenvalue weighted by Crippen LogP contribution is 2.33. The van der Waals surface area contributed by atoms with Gasteiger partial charge in [0.15, 0.2) is 11.5 Å². The quantitative estimate of drug-likeness (QED) is 0.475. The first kappa shape index (κ1) is 22.0. The number of aromatic nitrogens is 1. The maximum Gasteiger partial charge on any atom is 0.259 e. The van der Waals surface area contributed by atoms with Crippen molar-refractivity contribution in [1.29, 1.82) is 5.26 Å². The van der Waals surface area contributed by atoms with Gasteiger partial charge in [-0.25, -0.2) is 4.98 Å². The molecule has 1 aliphatic rings. The van der Waals surface area contributed by atoms with Crippen LogP contribution in [0.15, 0.2) is 59.6 Å². The number of nitriles is 1. The minimum atomic E-state index is -0.476. The van der Waals surface area contributed by atoms with Crippen LogP contribution in [0.2, 0.25) is 0 Å². The van der Waals surface area contributed by atoms with E-state index in [-0.39, 0.29) is 33.6 Å². The Morgan fingerprint density at radius 1 is 1.03 bits per heavy atom. The number of benzene rings is 2. The molecule has 0 saturated carbocycles. The fraction of sp³-hybridized carbons (Fsp3) is 0.130. The van der Waals surface area contributed by atoms with Crippen molar-refractivity contribution in [3.8, 4) is 17.6 Å². The number of nitrogens with zero attached hydrogens (tertiary/aromatic N) is 2. The zero-order chi connectivity index (χ0) is 23.2. The van der Waals surface area contributed by atoms with E-state index in [4.69, 9.17) is 15.2 Å². The maximum atomic E-state index is 12.6. The highest BCUT2D eigenvalue weighted by molar-refractivity contribution is 8.00. The summed E-state index contributed by atoms with van der Waals surface area (Å²) in [5.41, 5.74) is 7.36. The van der Waals surface area contributed by atoms with Crippen molar-refractivity contribution in [2.24, 2.45) is 0 Å². The highest BCUT2D eigenvalue weighted by atomic mass is 32.2. The lowest BCUT2D eigenvalue weighted by atomic mass is 10.2. The van der Waals surface area contributed by atoms with E-state index in [1.165, 1.54) is 6.07 Å². The molecule has 1 aliphatic heterocycles. The number of carbonyl (C=O) groups excluding carboxylic acids is 2. The molecule has 2 heterocycles. The number of nitrogens with two attached hydrogens (primary N) is 1. The second kappa shape index (κ2) is 9.93. The molecule has 3 aromatic rings. The van der Waals surface area contributed by atoms with Crippen LogP contribution in [0.4, 0.5) is 17.2 Å². The Balaban J connectivity index is 1.41. The molecule has 10 heteroatoms. The molecule has 0 fully saturated rings. The molecule has 0 unspecified atom stereocenters. The first-order valence-corrected chi connectivity index (χ1v) is 10.9. The van der Waals surface area contributed by atoms with Crippen molar-refractivity contribution in [2.45, 2.75) is 5.03 Å². The second-order valence-electron chi connectivity index (χ2n) is 6.90. The summed E-state index contributed by atoms with van der Waals surface area (Å²) in [6, 6.07) is 17.4. The number of rotatable bonds is 6. The van der Waals surface area contributed by atoms with Gasteiger partial charge < -0.3 is 25.8 Å². The van der Waals surface area contributed by atoms with Crippen LogP contribution in [0.25, 0.3) is 0 Å². The van der Waals surface area contributed by atoms with E-state index in [0.29, 0.717) is 36.1 Å². The topological polar surface area (TPSA) is 139 Å². The number of para-hydroxylation sites is 1. The summed E-state index contributed by atoms with van der Waals surface area (Å²) >= 11 is 1.05. The van der Waals surface area contributed by atoms with Crippen LogP contribution in [0.1, 0.15) is 15.9 Å². The van der Waals surface area contributed by atoms with Crippen LogP contribution in [0.3, 0.4) is 0 Å². The van der Waals surface area contributed by atoms with Crippen molar-refractivity contribution in [2.75, 3.05) is 35.3 Å². The van der Waals surface area contributed by atoms with E-state index in [9.17, 15) is 14.9 Å². The lowest BCUT2D eigenvalue weighted by Gasteiger charge is -2.19. The number of hydrogen-bond donors (Lipinski definition) is 3. The van der Waals surface area contributed by atoms with E-state index in [0.717, 1.165) is 11.8 Å². The van der Waals surface area contributed by atoms with Gasteiger partial charge in [0.1, 0.15) is 30.1 Å². The molecule has 9 nitrogen and oxygen atoms in total. The Bertz CT molecular complexity index is 1240. The SMILES string of the molecule is N#Cc1cc(C(=O)Nc2ccccc2)c(N)nc1SCC(=O)Nc1ccc2c(c1)OCCO2. The number of pyridine rings is 1. The number of amides is 2. The van der Waals surface area contributed by atoms with E-state index in [2.05, 4.69) is 15.6 Å². The Labute approximate surface area is 193 Å². The summed E-state index contributed by atoms with van der Waals surface area (Å²) in [5.74, 6) is 0.380. The molecule has 2 aromatic carbocycles. The van der Waals surface area contributed by atoms with Gasteiger partial charge in [-0.05, 0) is 30.3 Å². The summed E-state index contributed by atoms with van der Waals surface area (Å²) in [5, 5.41) is 15.3. The number of hydrogen-bond acceptors (Lipinski definition) is 8. The van der Waals surface area contributed by atoms with Crippen molar-refractivity contribution in [1.82, 2.24) is 4.98 Å². The molecule has 166 valence electrons. The summed E-state index contributed by atoms with van der Waals surface area (Å²) in [7, 11) is 0. The van der Waals surface area contributed by atoms with Gasteiger partial charge in [0.2, 0.25) is 5.91 Å². The largest absolute Gasteiger partial charge is 0.486 e. The van der Waals surface area contributed by atoms with E-state index < -0.39 is 5.91 Å². The number of nitrogens with one attached hydrogen (secondary N) is 2. The third-order valence-electron chi connectivity index (χ3n) is 4.58. The molecule has 0 bridgehead atoms. The lowest BCUT2D eigenvalue weighted by molar-refractivity contribution is -0.113. The summed E-state index contributed by atoms with van der Waals surface area (Å²) in [6.45, 7) is 0.934. The van der Waals surface area contributed by atoms with Gasteiger partial charge in [0.05, 0.1) is 16.9 Å². The monoisotopic (exact) mass is 461 g/mol. The van der Waals surface area contributed by atoms with E-state index >= 15 is 0 Å². The van der Waals surface area contributed by atoms with Gasteiger partial charge in [-0.15, -0.1) is 0 Å². The van der Waals surface area contributed by atoms with Gasteiger partial charge in [-0.2, -0.15) is 5.26 Å². The Kier molecular flexibility index (Phi) is 6.61. The fourth-order valence-electron chi connectivity index (χ4n) is 3.05. The van der Waals surface area contributed by atoms with Crippen LogP contribution in [-0.2, 0) is 4.79 Å². The fourth-order valence-corrected chi connectivity index (χ4v) is 3.82. The third kappa shape index (κ3) is 5.34. The molecule has 0 saturated heterocycles. The van der Waals surface area contributed by atoms with Gasteiger partial charge in [-0.1, -0.05) is 30.0 Å². The molecular weight excluding hydrogens is 442 g/mol. The van der Waals surface area contributed by atoms with Crippen LogP contribution < -0.4 is 25.8 Å². The molecule has 1 aromatic heterocycles. The van der Waals surface area contributed by atoms with E-state index in [1.54, 1.807) is 42.5 Å². The lowest BCUT2D eigenvalue weighted by Crippen LogP contribution is -2.17. The third-order valence-corrected chi connectivity index (χ3v) is 5.57. The average Bonchev–Trinajstić information content (AvgIpc) is 2.83.